The Balaban J connectivity index is 2.56. The lowest BCUT2D eigenvalue weighted by Gasteiger charge is -2.19. The summed E-state index contributed by atoms with van der Waals surface area (Å²) in [7, 11) is 1.92. The fourth-order valence-electron chi connectivity index (χ4n) is 3.59. The fraction of sp³-hybridized carbons (Fsp3) is 0.478. The van der Waals surface area contributed by atoms with Gasteiger partial charge in [-0.1, -0.05) is 46.2 Å². The Labute approximate surface area is 162 Å². The lowest BCUT2D eigenvalue weighted by Crippen LogP contribution is -2.28. The number of pyridine rings is 1. The van der Waals surface area contributed by atoms with Crippen molar-refractivity contribution in [3.05, 3.63) is 62.1 Å². The minimum absolute atomic E-state index is 0.201. The van der Waals surface area contributed by atoms with Crippen LogP contribution < -0.4 is 10.7 Å². The van der Waals surface area contributed by atoms with Crippen LogP contribution in [0.4, 0.5) is 5.69 Å². The summed E-state index contributed by atoms with van der Waals surface area (Å²) in [6.45, 7) is 10.3. The Morgan fingerprint density at radius 3 is 2.07 bits per heavy atom. The van der Waals surface area contributed by atoms with Crippen LogP contribution in [0.25, 0.3) is 0 Å². The van der Waals surface area contributed by atoms with Crippen LogP contribution in [0.15, 0.2) is 23.0 Å². The Morgan fingerprint density at radius 2 is 1.59 bits per heavy atom. The molecule has 1 aromatic carbocycles. The maximum atomic E-state index is 13.2. The number of benzene rings is 1. The van der Waals surface area contributed by atoms with E-state index in [0.29, 0.717) is 6.42 Å². The van der Waals surface area contributed by atoms with Gasteiger partial charge in [-0.15, -0.1) is 0 Å². The molecule has 2 aromatic rings. The van der Waals surface area contributed by atoms with E-state index in [0.717, 1.165) is 53.9 Å². The fourth-order valence-corrected chi connectivity index (χ4v) is 3.59. The zero-order chi connectivity index (χ0) is 20.1. The molecule has 1 aromatic heterocycles. The van der Waals surface area contributed by atoms with Gasteiger partial charge >= 0.3 is 0 Å². The van der Waals surface area contributed by atoms with E-state index in [4.69, 9.17) is 0 Å². The minimum atomic E-state index is -0.298. The van der Waals surface area contributed by atoms with Crippen molar-refractivity contribution in [2.45, 2.75) is 66.7 Å². The molecule has 146 valence electrons. The molecular weight excluding hydrogens is 336 g/mol. The van der Waals surface area contributed by atoms with Crippen molar-refractivity contribution in [3.63, 3.8) is 0 Å². The summed E-state index contributed by atoms with van der Waals surface area (Å²) in [5, 5.41) is 3.08. The second kappa shape index (κ2) is 9.03. The van der Waals surface area contributed by atoms with Crippen LogP contribution in [0.5, 0.6) is 0 Å². The Hall–Kier alpha value is -2.36. The lowest BCUT2D eigenvalue weighted by molar-refractivity contribution is 0.102. The van der Waals surface area contributed by atoms with Gasteiger partial charge in [0.2, 0.25) is 0 Å². The number of aromatic nitrogens is 1. The predicted molar refractivity (Wildman–Crippen MR) is 113 cm³/mol. The van der Waals surface area contributed by atoms with E-state index in [1.165, 1.54) is 5.56 Å². The number of carbonyl (C=O) groups is 1. The van der Waals surface area contributed by atoms with E-state index in [-0.39, 0.29) is 16.9 Å². The van der Waals surface area contributed by atoms with Crippen LogP contribution >= 0.6 is 0 Å². The molecule has 0 spiro atoms. The third kappa shape index (κ3) is 4.32. The quantitative estimate of drug-likeness (QED) is 0.777. The number of rotatable bonds is 7. The Morgan fingerprint density at radius 1 is 1.00 bits per heavy atom. The number of nitrogens with zero attached hydrogens (tertiary/aromatic N) is 1. The molecule has 4 nitrogen and oxygen atoms in total. The van der Waals surface area contributed by atoms with Gasteiger partial charge in [0.15, 0.2) is 5.43 Å². The van der Waals surface area contributed by atoms with E-state index in [1.807, 2.05) is 18.5 Å². The molecule has 1 N–H and O–H groups in total. The van der Waals surface area contributed by atoms with Crippen LogP contribution in [0.1, 0.15) is 72.6 Å². The molecule has 0 bridgehead atoms. The molecule has 0 atom stereocenters. The number of nitrogens with one attached hydrogen (secondary N) is 1. The molecule has 0 aliphatic carbocycles. The van der Waals surface area contributed by atoms with Gasteiger partial charge in [0.1, 0.15) is 5.56 Å². The molecule has 4 heteroatoms. The number of hydrogen-bond donors (Lipinski definition) is 1. The third-order valence-corrected chi connectivity index (χ3v) is 5.29. The lowest BCUT2D eigenvalue weighted by atomic mass is 9.97. The van der Waals surface area contributed by atoms with Gasteiger partial charge in [-0.2, -0.15) is 0 Å². The molecule has 0 aliphatic rings. The van der Waals surface area contributed by atoms with Gasteiger partial charge in [-0.3, -0.25) is 9.59 Å². The third-order valence-electron chi connectivity index (χ3n) is 5.29. The number of hydrogen-bond acceptors (Lipinski definition) is 2. The molecule has 27 heavy (non-hydrogen) atoms. The number of amides is 1. The molecule has 0 radical (unpaired) electrons. The van der Waals surface area contributed by atoms with E-state index in [2.05, 4.69) is 45.1 Å². The van der Waals surface area contributed by atoms with Crippen molar-refractivity contribution in [2.75, 3.05) is 5.32 Å². The summed E-state index contributed by atoms with van der Waals surface area (Å²) >= 11 is 0. The number of carbonyl (C=O) groups excluding carboxylic acids is 1. The monoisotopic (exact) mass is 368 g/mol. The molecular formula is C23H32N2O2. The maximum absolute atomic E-state index is 13.2. The number of anilines is 1. The van der Waals surface area contributed by atoms with E-state index in [1.54, 1.807) is 6.07 Å². The van der Waals surface area contributed by atoms with Crippen LogP contribution in [-0.4, -0.2) is 10.5 Å². The highest BCUT2D eigenvalue weighted by atomic mass is 16.2. The van der Waals surface area contributed by atoms with E-state index < -0.39 is 0 Å². The molecule has 1 heterocycles. The van der Waals surface area contributed by atoms with Gasteiger partial charge in [-0.25, -0.2) is 0 Å². The van der Waals surface area contributed by atoms with Gasteiger partial charge in [0.25, 0.3) is 5.91 Å². The highest BCUT2D eigenvalue weighted by Crippen LogP contribution is 2.26. The Bertz CT molecular complexity index is 869. The predicted octanol–water partition coefficient (Wildman–Crippen LogP) is 4.59. The van der Waals surface area contributed by atoms with E-state index in [9.17, 15) is 9.59 Å². The SMILES string of the molecule is CCCc1c(C(=O)Nc2c(CC)cc(CC)cc2CC)c(=O)cc(C)n1C. The first-order valence-corrected chi connectivity index (χ1v) is 10.0. The normalized spacial score (nSPS) is 10.9. The van der Waals surface area contributed by atoms with Crippen molar-refractivity contribution in [2.24, 2.45) is 7.05 Å². The second-order valence-corrected chi connectivity index (χ2v) is 7.08. The molecule has 2 rings (SSSR count). The first-order chi connectivity index (χ1) is 12.9. The highest BCUT2D eigenvalue weighted by Gasteiger charge is 2.20. The summed E-state index contributed by atoms with van der Waals surface area (Å²) in [5.74, 6) is -0.298. The standard InChI is InChI=1S/C23H32N2O2/c1-7-11-19-21(20(26)12-15(5)25(19)6)23(27)24-22-17(9-3)13-16(8-2)14-18(22)10-4/h12-14H,7-11H2,1-6H3,(H,24,27). The van der Waals surface area contributed by atoms with Crippen molar-refractivity contribution in [1.29, 1.82) is 0 Å². The number of aryl methyl sites for hydroxylation is 4. The molecule has 0 aliphatic heterocycles. The van der Waals surface area contributed by atoms with Gasteiger partial charge < -0.3 is 9.88 Å². The average molecular weight is 369 g/mol. The smallest absolute Gasteiger partial charge is 0.261 e. The molecule has 0 saturated heterocycles. The summed E-state index contributed by atoms with van der Waals surface area (Å²) in [6.07, 6.45) is 4.22. The first kappa shape index (κ1) is 20.9. The van der Waals surface area contributed by atoms with Crippen molar-refractivity contribution in [3.8, 4) is 0 Å². The highest BCUT2D eigenvalue weighted by molar-refractivity contribution is 6.05. The summed E-state index contributed by atoms with van der Waals surface area (Å²) in [4.78, 5) is 25.8. The van der Waals surface area contributed by atoms with Crippen molar-refractivity contribution >= 4 is 11.6 Å². The summed E-state index contributed by atoms with van der Waals surface area (Å²) in [5.41, 5.74) is 6.14. The average Bonchev–Trinajstić information content (AvgIpc) is 2.65. The minimum Gasteiger partial charge on any atom is -0.351 e. The summed E-state index contributed by atoms with van der Waals surface area (Å²) in [6, 6.07) is 5.87. The molecule has 0 unspecified atom stereocenters. The maximum Gasteiger partial charge on any atom is 0.261 e. The Kier molecular flexibility index (Phi) is 7.00. The molecule has 1 amide bonds. The van der Waals surface area contributed by atoms with Crippen molar-refractivity contribution < 1.29 is 4.79 Å². The van der Waals surface area contributed by atoms with Crippen LogP contribution in [0, 0.1) is 6.92 Å². The zero-order valence-electron chi connectivity index (χ0n) is 17.5. The van der Waals surface area contributed by atoms with Crippen molar-refractivity contribution in [1.82, 2.24) is 4.57 Å². The zero-order valence-corrected chi connectivity index (χ0v) is 17.5. The molecule has 0 fully saturated rings. The van der Waals surface area contributed by atoms with Gasteiger partial charge in [-0.05, 0) is 49.3 Å². The van der Waals surface area contributed by atoms with Crippen LogP contribution in [0.2, 0.25) is 0 Å². The van der Waals surface area contributed by atoms with Crippen LogP contribution in [0.3, 0.4) is 0 Å². The second-order valence-electron chi connectivity index (χ2n) is 7.08. The van der Waals surface area contributed by atoms with Gasteiger partial charge in [0, 0.05) is 30.2 Å². The largest absolute Gasteiger partial charge is 0.351 e. The molecule has 0 saturated carbocycles. The first-order valence-electron chi connectivity index (χ1n) is 10.0. The van der Waals surface area contributed by atoms with Gasteiger partial charge in [0.05, 0.1) is 0 Å². The topological polar surface area (TPSA) is 51.1 Å². The van der Waals surface area contributed by atoms with E-state index >= 15 is 0 Å². The summed E-state index contributed by atoms with van der Waals surface area (Å²) < 4.78 is 1.96. The van der Waals surface area contributed by atoms with Crippen LogP contribution in [-0.2, 0) is 32.7 Å².